The summed E-state index contributed by atoms with van der Waals surface area (Å²) in [6.07, 6.45) is 0. The van der Waals surface area contributed by atoms with E-state index < -0.39 is 0 Å². The van der Waals surface area contributed by atoms with Crippen LogP contribution in [0.2, 0.25) is 0 Å². The van der Waals surface area contributed by atoms with E-state index in [9.17, 15) is 14.4 Å². The van der Waals surface area contributed by atoms with Crippen molar-refractivity contribution in [1.29, 1.82) is 0 Å². The molecule has 10 nitrogen and oxygen atoms in total. The Hall–Kier alpha value is -3.08. The van der Waals surface area contributed by atoms with Crippen LogP contribution in [0.1, 0.15) is 55.6 Å². The summed E-state index contributed by atoms with van der Waals surface area (Å²) in [4.78, 5) is 53.1. The van der Waals surface area contributed by atoms with Crippen LogP contribution in [0.4, 0.5) is 5.82 Å². The second-order valence-electron chi connectivity index (χ2n) is 9.43. The highest BCUT2D eigenvalue weighted by Crippen LogP contribution is 2.27. The molecule has 0 N–H and O–H groups in total. The maximum absolute atomic E-state index is 12.8. The van der Waals surface area contributed by atoms with Gasteiger partial charge in [-0.25, -0.2) is 9.97 Å². The monoisotopic (exact) mass is 514 g/mol. The maximum Gasteiger partial charge on any atom is 0.289 e. The van der Waals surface area contributed by atoms with E-state index in [0.717, 1.165) is 24.6 Å². The van der Waals surface area contributed by atoms with Gasteiger partial charge in [-0.1, -0.05) is 25.6 Å². The summed E-state index contributed by atoms with van der Waals surface area (Å²) >= 11 is 1.48. The van der Waals surface area contributed by atoms with Gasteiger partial charge in [-0.05, 0) is 18.1 Å². The van der Waals surface area contributed by atoms with Crippen LogP contribution in [-0.2, 0) is 15.3 Å². The summed E-state index contributed by atoms with van der Waals surface area (Å²) in [5.74, 6) is 2.60. The van der Waals surface area contributed by atoms with E-state index >= 15 is 0 Å². The van der Waals surface area contributed by atoms with E-state index in [1.165, 1.54) is 11.8 Å². The van der Waals surface area contributed by atoms with Gasteiger partial charge in [0.05, 0.1) is 5.75 Å². The number of nitrogens with zero attached hydrogens (tertiary/aromatic N) is 6. The van der Waals surface area contributed by atoms with Gasteiger partial charge >= 0.3 is 0 Å². The smallest absolute Gasteiger partial charge is 0.289 e. The summed E-state index contributed by atoms with van der Waals surface area (Å²) in [6, 6.07) is 5.56. The number of amides is 3. The molecule has 0 aliphatic carbocycles. The average molecular weight is 515 g/mol. The number of piperazine rings is 2. The number of carbonyl (C=O) groups is 3. The third-order valence-electron chi connectivity index (χ3n) is 6.58. The number of thioether (sulfide) groups is 1. The lowest BCUT2D eigenvalue weighted by Gasteiger charge is -2.35. The van der Waals surface area contributed by atoms with Crippen molar-refractivity contribution in [2.24, 2.45) is 0 Å². The average Bonchev–Trinajstić information content (AvgIpc) is 3.36. The zero-order valence-electron chi connectivity index (χ0n) is 21.4. The summed E-state index contributed by atoms with van der Waals surface area (Å²) in [7, 11) is 0. The zero-order valence-corrected chi connectivity index (χ0v) is 22.2. The molecule has 2 aromatic heterocycles. The van der Waals surface area contributed by atoms with Crippen LogP contribution < -0.4 is 4.90 Å². The Morgan fingerprint density at radius 3 is 2.06 bits per heavy atom. The molecule has 0 spiro atoms. The van der Waals surface area contributed by atoms with Crippen molar-refractivity contribution in [2.45, 2.75) is 44.5 Å². The molecule has 194 valence electrons. The molecule has 2 aliphatic heterocycles. The van der Waals surface area contributed by atoms with Crippen molar-refractivity contribution in [2.75, 3.05) is 57.3 Å². The van der Waals surface area contributed by atoms with Gasteiger partial charge in [0.1, 0.15) is 11.6 Å². The molecule has 2 fully saturated rings. The van der Waals surface area contributed by atoms with Crippen LogP contribution in [0.25, 0.3) is 0 Å². The quantitative estimate of drug-likeness (QED) is 0.428. The van der Waals surface area contributed by atoms with E-state index in [4.69, 9.17) is 14.4 Å². The predicted molar refractivity (Wildman–Crippen MR) is 137 cm³/mol. The second kappa shape index (κ2) is 11.3. The van der Waals surface area contributed by atoms with Crippen molar-refractivity contribution in [3.63, 3.8) is 0 Å². The van der Waals surface area contributed by atoms with Crippen LogP contribution in [0, 0.1) is 0 Å². The Kier molecular flexibility index (Phi) is 8.17. The van der Waals surface area contributed by atoms with E-state index in [0.29, 0.717) is 61.7 Å². The molecule has 4 rings (SSSR count). The molecule has 0 radical (unpaired) electrons. The molecule has 11 heteroatoms. The van der Waals surface area contributed by atoms with Gasteiger partial charge in [-0.15, -0.1) is 0 Å². The minimum absolute atomic E-state index is 0.0321. The predicted octanol–water partition coefficient (Wildman–Crippen LogP) is 2.46. The molecule has 0 aromatic carbocycles. The van der Waals surface area contributed by atoms with Crippen molar-refractivity contribution in [3.8, 4) is 0 Å². The molecular weight excluding hydrogens is 480 g/mol. The van der Waals surface area contributed by atoms with Crippen LogP contribution >= 0.6 is 11.8 Å². The second-order valence-corrected chi connectivity index (χ2v) is 10.4. The van der Waals surface area contributed by atoms with Crippen molar-refractivity contribution in [3.05, 3.63) is 35.4 Å². The Balaban J connectivity index is 1.39. The fourth-order valence-electron chi connectivity index (χ4n) is 4.29. The Bertz CT molecular complexity index is 1100. The Morgan fingerprint density at radius 1 is 0.889 bits per heavy atom. The fraction of sp³-hybridized carbons (Fsp3) is 0.560. The Labute approximate surface area is 216 Å². The molecule has 36 heavy (non-hydrogen) atoms. The molecular formula is C25H34N6O4S. The van der Waals surface area contributed by atoms with Gasteiger partial charge in [-0.3, -0.25) is 14.4 Å². The highest BCUT2D eigenvalue weighted by molar-refractivity contribution is 7.98. The summed E-state index contributed by atoms with van der Waals surface area (Å²) in [5, 5.41) is 0.662. The van der Waals surface area contributed by atoms with Crippen LogP contribution in [0.3, 0.4) is 0 Å². The SMILES string of the molecule is CC(=O)N1CCN(C(=O)c2ccc(CSc3nc(C(C)C)cc(N4CCN(C(C)=O)CC4)n3)o2)CC1. The number of anilines is 1. The highest BCUT2D eigenvalue weighted by atomic mass is 32.2. The van der Waals surface area contributed by atoms with Gasteiger partial charge in [0, 0.05) is 78.0 Å². The van der Waals surface area contributed by atoms with Crippen LogP contribution in [0.5, 0.6) is 0 Å². The van der Waals surface area contributed by atoms with Crippen LogP contribution in [-0.4, -0.2) is 94.7 Å². The molecule has 4 heterocycles. The van der Waals surface area contributed by atoms with E-state index in [-0.39, 0.29) is 23.6 Å². The van der Waals surface area contributed by atoms with Gasteiger partial charge in [0.2, 0.25) is 11.8 Å². The summed E-state index contributed by atoms with van der Waals surface area (Å²) < 4.78 is 5.86. The molecule has 2 saturated heterocycles. The standard InChI is InChI=1S/C25H34N6O4S/c1-17(2)21-15-23(30-11-7-28(8-12-30)18(3)32)27-25(26-21)36-16-20-5-6-22(35-20)24(34)31-13-9-29(10-14-31)19(4)33/h5-6,15,17H,7-14,16H2,1-4H3. The molecule has 0 saturated carbocycles. The number of rotatable bonds is 6. The first kappa shape index (κ1) is 26.0. The van der Waals surface area contributed by atoms with Crippen LogP contribution in [0.15, 0.2) is 27.8 Å². The van der Waals surface area contributed by atoms with Gasteiger partial charge in [0.15, 0.2) is 10.9 Å². The van der Waals surface area contributed by atoms with Crippen molar-refractivity contribution < 1.29 is 18.8 Å². The lowest BCUT2D eigenvalue weighted by atomic mass is 10.1. The summed E-state index contributed by atoms with van der Waals surface area (Å²) in [6.45, 7) is 12.3. The van der Waals surface area contributed by atoms with Gasteiger partial charge in [-0.2, -0.15) is 0 Å². The first-order chi connectivity index (χ1) is 17.2. The van der Waals surface area contributed by atoms with Crippen molar-refractivity contribution in [1.82, 2.24) is 24.7 Å². The normalized spacial score (nSPS) is 16.6. The topological polar surface area (TPSA) is 103 Å². The molecule has 2 aliphatic rings. The zero-order chi connectivity index (χ0) is 25.8. The lowest BCUT2D eigenvalue weighted by Crippen LogP contribution is -2.50. The minimum Gasteiger partial charge on any atom is -0.455 e. The first-order valence-electron chi connectivity index (χ1n) is 12.4. The molecule has 2 aromatic rings. The number of carbonyl (C=O) groups excluding carboxylic acids is 3. The van der Waals surface area contributed by atoms with E-state index in [2.05, 4.69) is 18.7 Å². The van der Waals surface area contributed by atoms with Gasteiger partial charge in [0.25, 0.3) is 5.91 Å². The maximum atomic E-state index is 12.8. The van der Waals surface area contributed by atoms with Crippen molar-refractivity contribution >= 4 is 35.3 Å². The Morgan fingerprint density at radius 2 is 1.47 bits per heavy atom. The highest BCUT2D eigenvalue weighted by Gasteiger charge is 2.25. The van der Waals surface area contributed by atoms with Gasteiger partial charge < -0.3 is 24.0 Å². The minimum atomic E-state index is -0.153. The van der Waals surface area contributed by atoms with E-state index in [1.54, 1.807) is 29.7 Å². The largest absolute Gasteiger partial charge is 0.455 e. The fourth-order valence-corrected chi connectivity index (χ4v) is 5.04. The number of furan rings is 1. The first-order valence-corrected chi connectivity index (χ1v) is 13.4. The molecule has 0 unspecified atom stereocenters. The lowest BCUT2D eigenvalue weighted by molar-refractivity contribution is -0.130. The van der Waals surface area contributed by atoms with E-state index in [1.807, 2.05) is 17.0 Å². The summed E-state index contributed by atoms with van der Waals surface area (Å²) in [5.41, 5.74) is 0.969. The molecule has 0 bridgehead atoms. The number of hydrogen-bond donors (Lipinski definition) is 0. The third kappa shape index (κ3) is 6.18. The number of hydrogen-bond acceptors (Lipinski definition) is 8. The number of aromatic nitrogens is 2. The molecule has 3 amide bonds. The molecule has 0 atom stereocenters. The third-order valence-corrected chi connectivity index (χ3v) is 7.45.